The molecule has 0 radical (unpaired) electrons. The van der Waals surface area contributed by atoms with Crippen LogP contribution in [0.25, 0.3) is 0 Å². The number of benzene rings is 1. The van der Waals surface area contributed by atoms with Crippen molar-refractivity contribution in [2.45, 2.75) is 18.2 Å². The zero-order valence-electron chi connectivity index (χ0n) is 12.1. The van der Waals surface area contributed by atoms with Gasteiger partial charge in [0, 0.05) is 19.3 Å². The zero-order chi connectivity index (χ0) is 15.9. The van der Waals surface area contributed by atoms with Gasteiger partial charge in [-0.3, -0.25) is 4.79 Å². The predicted octanol–water partition coefficient (Wildman–Crippen LogP) is 1.23. The molecule has 114 valence electrons. The number of ether oxygens (including phenoxy) is 1. The van der Waals surface area contributed by atoms with Gasteiger partial charge in [0.05, 0.1) is 17.4 Å². The van der Waals surface area contributed by atoms with E-state index in [9.17, 15) is 13.2 Å². The van der Waals surface area contributed by atoms with E-state index in [4.69, 9.17) is 10.00 Å². The van der Waals surface area contributed by atoms with Crippen molar-refractivity contribution in [3.63, 3.8) is 0 Å². The highest BCUT2D eigenvalue weighted by Gasteiger charge is 2.12. The maximum atomic E-state index is 11.9. The number of nitriles is 1. The SMILES string of the molecule is CCN(CCC#N)C(=O)COc1ccc(S(C)(=O)=O)cc1. The van der Waals surface area contributed by atoms with Crippen LogP contribution >= 0.6 is 0 Å². The second-order valence-electron chi connectivity index (χ2n) is 4.41. The van der Waals surface area contributed by atoms with Gasteiger partial charge in [0.1, 0.15) is 5.75 Å². The molecule has 0 aliphatic carbocycles. The number of likely N-dealkylation sites (N-methyl/N-ethyl adjacent to an activating group) is 1. The van der Waals surface area contributed by atoms with Gasteiger partial charge in [-0.25, -0.2) is 8.42 Å². The van der Waals surface area contributed by atoms with E-state index in [1.807, 2.05) is 13.0 Å². The lowest BCUT2D eigenvalue weighted by molar-refractivity contribution is -0.133. The normalized spacial score (nSPS) is 10.7. The van der Waals surface area contributed by atoms with Crippen molar-refractivity contribution < 1.29 is 17.9 Å². The molecular formula is C14H18N2O4S. The van der Waals surface area contributed by atoms with Crippen LogP contribution in [0.15, 0.2) is 29.2 Å². The Kier molecular flexibility index (Phi) is 6.18. The maximum absolute atomic E-state index is 11.9. The van der Waals surface area contributed by atoms with E-state index in [-0.39, 0.29) is 23.8 Å². The summed E-state index contributed by atoms with van der Waals surface area (Å²) in [5.41, 5.74) is 0. The van der Waals surface area contributed by atoms with Crippen LogP contribution < -0.4 is 4.74 Å². The minimum atomic E-state index is -3.24. The lowest BCUT2D eigenvalue weighted by Gasteiger charge is -2.19. The Balaban J connectivity index is 2.59. The van der Waals surface area contributed by atoms with Crippen molar-refractivity contribution in [2.75, 3.05) is 26.0 Å². The quantitative estimate of drug-likeness (QED) is 0.756. The summed E-state index contributed by atoms with van der Waals surface area (Å²) in [4.78, 5) is 13.6. The van der Waals surface area contributed by atoms with Gasteiger partial charge in [-0.05, 0) is 31.2 Å². The van der Waals surface area contributed by atoms with Crippen molar-refractivity contribution in [3.05, 3.63) is 24.3 Å². The highest BCUT2D eigenvalue weighted by atomic mass is 32.2. The van der Waals surface area contributed by atoms with Crippen molar-refractivity contribution in [3.8, 4) is 11.8 Å². The molecular weight excluding hydrogens is 292 g/mol. The number of carbonyl (C=O) groups is 1. The number of hydrogen-bond donors (Lipinski definition) is 0. The predicted molar refractivity (Wildman–Crippen MR) is 77.5 cm³/mol. The van der Waals surface area contributed by atoms with E-state index in [0.717, 1.165) is 6.26 Å². The minimum absolute atomic E-state index is 0.141. The number of carbonyl (C=O) groups excluding carboxylic acids is 1. The number of hydrogen-bond acceptors (Lipinski definition) is 5. The molecule has 1 amide bonds. The van der Waals surface area contributed by atoms with Gasteiger partial charge in [-0.1, -0.05) is 0 Å². The van der Waals surface area contributed by atoms with Crippen molar-refractivity contribution in [1.82, 2.24) is 4.90 Å². The van der Waals surface area contributed by atoms with Crippen LogP contribution in [0.3, 0.4) is 0 Å². The summed E-state index contributed by atoms with van der Waals surface area (Å²) in [7, 11) is -3.24. The first-order valence-corrected chi connectivity index (χ1v) is 8.35. The standard InChI is InChI=1S/C14H18N2O4S/c1-3-16(10-4-9-15)14(17)11-20-12-5-7-13(8-6-12)21(2,18)19/h5-8H,3-4,10-11H2,1-2H3. The summed E-state index contributed by atoms with van der Waals surface area (Å²) < 4.78 is 28.0. The molecule has 0 saturated heterocycles. The molecule has 6 nitrogen and oxygen atoms in total. The van der Waals surface area contributed by atoms with E-state index < -0.39 is 9.84 Å². The fourth-order valence-electron chi connectivity index (χ4n) is 1.66. The van der Waals surface area contributed by atoms with Crippen LogP contribution in [0, 0.1) is 11.3 Å². The lowest BCUT2D eigenvalue weighted by Crippen LogP contribution is -2.35. The first kappa shape index (κ1) is 17.0. The van der Waals surface area contributed by atoms with E-state index >= 15 is 0 Å². The van der Waals surface area contributed by atoms with Crippen molar-refractivity contribution in [1.29, 1.82) is 5.26 Å². The average molecular weight is 310 g/mol. The van der Waals surface area contributed by atoms with Gasteiger partial charge >= 0.3 is 0 Å². The molecule has 0 aliphatic rings. The lowest BCUT2D eigenvalue weighted by atomic mass is 10.3. The van der Waals surface area contributed by atoms with Crippen LogP contribution in [0.2, 0.25) is 0 Å². The molecule has 0 aromatic heterocycles. The minimum Gasteiger partial charge on any atom is -0.484 e. The molecule has 0 heterocycles. The molecule has 1 aromatic rings. The molecule has 0 spiro atoms. The average Bonchev–Trinajstić information content (AvgIpc) is 2.45. The molecule has 0 bridgehead atoms. The van der Waals surface area contributed by atoms with Gasteiger partial charge in [0.25, 0.3) is 5.91 Å². The number of amides is 1. The number of nitrogens with zero attached hydrogens (tertiary/aromatic N) is 2. The summed E-state index contributed by atoms with van der Waals surface area (Å²) >= 11 is 0. The van der Waals surface area contributed by atoms with E-state index in [1.165, 1.54) is 29.2 Å². The third-order valence-corrected chi connectivity index (χ3v) is 3.97. The van der Waals surface area contributed by atoms with Gasteiger partial charge in [0.15, 0.2) is 16.4 Å². The first-order chi connectivity index (χ1) is 9.88. The Morgan fingerprint density at radius 3 is 2.43 bits per heavy atom. The number of rotatable bonds is 7. The Labute approximate surface area is 124 Å². The van der Waals surface area contributed by atoms with Crippen LogP contribution in [0.5, 0.6) is 5.75 Å². The fraction of sp³-hybridized carbons (Fsp3) is 0.429. The smallest absolute Gasteiger partial charge is 0.260 e. The van der Waals surface area contributed by atoms with Crippen LogP contribution in [-0.4, -0.2) is 45.2 Å². The summed E-state index contributed by atoms with van der Waals surface area (Å²) in [6.07, 6.45) is 1.41. The Bertz CT molecular complexity index is 617. The van der Waals surface area contributed by atoms with Crippen molar-refractivity contribution in [2.24, 2.45) is 0 Å². The second kappa shape index (κ2) is 7.64. The highest BCUT2D eigenvalue weighted by molar-refractivity contribution is 7.90. The van der Waals surface area contributed by atoms with Crippen LogP contribution in [0.1, 0.15) is 13.3 Å². The van der Waals surface area contributed by atoms with Crippen LogP contribution in [0.4, 0.5) is 0 Å². The third-order valence-electron chi connectivity index (χ3n) is 2.84. The Hall–Kier alpha value is -2.07. The molecule has 0 N–H and O–H groups in total. The summed E-state index contributed by atoms with van der Waals surface area (Å²) in [5, 5.41) is 8.52. The first-order valence-electron chi connectivity index (χ1n) is 6.46. The van der Waals surface area contributed by atoms with Gasteiger partial charge < -0.3 is 9.64 Å². The van der Waals surface area contributed by atoms with E-state index in [2.05, 4.69) is 0 Å². The topological polar surface area (TPSA) is 87.5 Å². The van der Waals surface area contributed by atoms with E-state index in [1.54, 1.807) is 0 Å². The molecule has 1 rings (SSSR count). The molecule has 0 saturated carbocycles. The molecule has 0 fully saturated rings. The molecule has 7 heteroatoms. The largest absolute Gasteiger partial charge is 0.484 e. The Morgan fingerprint density at radius 1 is 1.33 bits per heavy atom. The fourth-order valence-corrected chi connectivity index (χ4v) is 2.29. The second-order valence-corrected chi connectivity index (χ2v) is 6.43. The Morgan fingerprint density at radius 2 is 1.95 bits per heavy atom. The highest BCUT2D eigenvalue weighted by Crippen LogP contribution is 2.15. The van der Waals surface area contributed by atoms with Gasteiger partial charge in [-0.15, -0.1) is 0 Å². The zero-order valence-corrected chi connectivity index (χ0v) is 12.9. The molecule has 0 atom stereocenters. The molecule has 21 heavy (non-hydrogen) atoms. The van der Waals surface area contributed by atoms with Crippen molar-refractivity contribution >= 4 is 15.7 Å². The molecule has 0 unspecified atom stereocenters. The van der Waals surface area contributed by atoms with Crippen LogP contribution in [-0.2, 0) is 14.6 Å². The van der Waals surface area contributed by atoms with Gasteiger partial charge in [-0.2, -0.15) is 5.26 Å². The summed E-state index contributed by atoms with van der Waals surface area (Å²) in [6.45, 7) is 2.58. The third kappa shape index (κ3) is 5.44. The number of sulfone groups is 1. The van der Waals surface area contributed by atoms with Gasteiger partial charge in [0.2, 0.25) is 0 Å². The summed E-state index contributed by atoms with van der Waals surface area (Å²) in [5.74, 6) is 0.215. The van der Waals surface area contributed by atoms with E-state index in [0.29, 0.717) is 18.8 Å². The monoisotopic (exact) mass is 310 g/mol. The molecule has 1 aromatic carbocycles. The summed E-state index contributed by atoms with van der Waals surface area (Å²) in [6, 6.07) is 7.87. The molecule has 0 aliphatic heterocycles. The maximum Gasteiger partial charge on any atom is 0.260 e.